The number of carbonyl (C=O) groups excluding carboxylic acids is 1. The third kappa shape index (κ3) is 8.21. The van der Waals surface area contributed by atoms with E-state index in [1.54, 1.807) is 37.6 Å². The number of aryl methyl sites for hydroxylation is 1. The number of hydrogen-bond donors (Lipinski definition) is 2. The van der Waals surface area contributed by atoms with Gasteiger partial charge in [0.1, 0.15) is 17.5 Å². The number of rotatable bonds is 14. The third-order valence-corrected chi connectivity index (χ3v) is 6.62. The molecule has 40 heavy (non-hydrogen) atoms. The quantitative estimate of drug-likeness (QED) is 0.271. The van der Waals surface area contributed by atoms with Gasteiger partial charge in [-0.15, -0.1) is 0 Å². The van der Waals surface area contributed by atoms with Gasteiger partial charge in [-0.25, -0.2) is 0 Å². The molecule has 0 aliphatic carbocycles. The molecule has 0 aliphatic rings. The molecule has 0 bridgehead atoms. The number of carboxylic acid groups (broad SMARTS) is 1. The molecule has 1 amide bonds. The SMILES string of the molecule is CCCCC(C(=O)N[C@@H](CC(=O)O)c1cccc(OC(C)C)c1)n1cc(C)cc(Cc2ccccc2OC)c1=O. The van der Waals surface area contributed by atoms with Gasteiger partial charge in [0.05, 0.1) is 25.7 Å². The number of carbonyl (C=O) groups is 2. The number of benzene rings is 2. The normalized spacial score (nSPS) is 12.6. The van der Waals surface area contributed by atoms with E-state index in [1.165, 1.54) is 4.57 Å². The van der Waals surface area contributed by atoms with Crippen molar-refractivity contribution in [1.29, 1.82) is 0 Å². The minimum absolute atomic E-state index is 0.0561. The van der Waals surface area contributed by atoms with E-state index in [0.717, 1.165) is 24.0 Å². The highest BCUT2D eigenvalue weighted by molar-refractivity contribution is 5.81. The zero-order valence-electron chi connectivity index (χ0n) is 24.0. The summed E-state index contributed by atoms with van der Waals surface area (Å²) >= 11 is 0. The number of methoxy groups -OCH3 is 1. The van der Waals surface area contributed by atoms with Gasteiger partial charge >= 0.3 is 5.97 Å². The molecule has 2 atom stereocenters. The van der Waals surface area contributed by atoms with Gasteiger partial charge in [0.2, 0.25) is 5.91 Å². The zero-order chi connectivity index (χ0) is 29.2. The summed E-state index contributed by atoms with van der Waals surface area (Å²) in [4.78, 5) is 39.3. The molecular formula is C32H40N2O6. The van der Waals surface area contributed by atoms with Crippen molar-refractivity contribution in [2.24, 2.45) is 0 Å². The van der Waals surface area contributed by atoms with Gasteiger partial charge < -0.3 is 24.5 Å². The Labute approximate surface area is 236 Å². The average Bonchev–Trinajstić information content (AvgIpc) is 2.90. The van der Waals surface area contributed by atoms with Gasteiger partial charge in [-0.1, -0.05) is 50.1 Å². The Bertz CT molecular complexity index is 1360. The number of para-hydroxylation sites is 1. The van der Waals surface area contributed by atoms with E-state index in [4.69, 9.17) is 9.47 Å². The van der Waals surface area contributed by atoms with E-state index >= 15 is 0 Å². The number of carboxylic acids is 1. The Morgan fingerprint density at radius 3 is 2.48 bits per heavy atom. The van der Waals surface area contributed by atoms with Crippen LogP contribution in [0.2, 0.25) is 0 Å². The average molecular weight is 549 g/mol. The monoisotopic (exact) mass is 548 g/mol. The number of aromatic nitrogens is 1. The van der Waals surface area contributed by atoms with Crippen molar-refractivity contribution in [2.45, 2.75) is 78.0 Å². The van der Waals surface area contributed by atoms with Crippen LogP contribution in [-0.4, -0.2) is 34.8 Å². The number of unbranched alkanes of at least 4 members (excludes halogenated alkanes) is 1. The minimum Gasteiger partial charge on any atom is -0.496 e. The fraction of sp³-hybridized carbons (Fsp3) is 0.406. The summed E-state index contributed by atoms with van der Waals surface area (Å²) in [5, 5.41) is 12.6. The molecule has 3 aromatic rings. The van der Waals surface area contributed by atoms with Crippen LogP contribution in [0.4, 0.5) is 0 Å². The number of pyridine rings is 1. The second-order valence-electron chi connectivity index (χ2n) is 10.3. The van der Waals surface area contributed by atoms with Crippen molar-refractivity contribution in [2.75, 3.05) is 7.11 Å². The number of amides is 1. The van der Waals surface area contributed by atoms with E-state index in [0.29, 0.717) is 35.5 Å². The van der Waals surface area contributed by atoms with Crippen LogP contribution < -0.4 is 20.3 Å². The van der Waals surface area contributed by atoms with Crippen LogP contribution in [0.3, 0.4) is 0 Å². The van der Waals surface area contributed by atoms with Gasteiger partial charge in [-0.3, -0.25) is 14.4 Å². The van der Waals surface area contributed by atoms with Crippen molar-refractivity contribution in [1.82, 2.24) is 9.88 Å². The molecular weight excluding hydrogens is 508 g/mol. The van der Waals surface area contributed by atoms with Crippen LogP contribution in [0.15, 0.2) is 65.6 Å². The molecule has 8 heteroatoms. The predicted molar refractivity (Wildman–Crippen MR) is 155 cm³/mol. The fourth-order valence-electron chi connectivity index (χ4n) is 4.80. The maximum Gasteiger partial charge on any atom is 0.305 e. The first-order valence-corrected chi connectivity index (χ1v) is 13.7. The topological polar surface area (TPSA) is 107 Å². The highest BCUT2D eigenvalue weighted by Gasteiger charge is 2.27. The first-order valence-electron chi connectivity index (χ1n) is 13.7. The lowest BCUT2D eigenvalue weighted by Crippen LogP contribution is -2.40. The second kappa shape index (κ2) is 14.4. The van der Waals surface area contributed by atoms with Crippen LogP contribution in [0, 0.1) is 6.92 Å². The van der Waals surface area contributed by atoms with Gasteiger partial charge in [0.25, 0.3) is 5.56 Å². The van der Waals surface area contributed by atoms with Crippen LogP contribution in [-0.2, 0) is 16.0 Å². The van der Waals surface area contributed by atoms with Gasteiger partial charge in [-0.05, 0) is 68.1 Å². The van der Waals surface area contributed by atoms with Gasteiger partial charge in [0.15, 0.2) is 0 Å². The number of nitrogens with one attached hydrogen (secondary N) is 1. The second-order valence-corrected chi connectivity index (χ2v) is 10.3. The largest absolute Gasteiger partial charge is 0.496 e. The smallest absolute Gasteiger partial charge is 0.305 e. The van der Waals surface area contributed by atoms with Crippen molar-refractivity contribution in [3.8, 4) is 11.5 Å². The standard InChI is InChI=1S/C32H40N2O6/c1-6-7-14-28(31(37)33-27(19-30(35)36)23-12-10-13-26(18-23)40-21(2)3)34-20-22(4)16-25(32(34)38)17-24-11-8-9-15-29(24)39-5/h8-13,15-16,18,20-21,27-28H,6-7,14,17,19H2,1-5H3,(H,33,37)(H,35,36)/t27-,28?/m0/s1. The molecule has 2 aromatic carbocycles. The van der Waals surface area contributed by atoms with Crippen LogP contribution in [0.25, 0.3) is 0 Å². The Balaban J connectivity index is 1.98. The molecule has 0 radical (unpaired) electrons. The number of nitrogens with zero attached hydrogens (tertiary/aromatic N) is 1. The fourth-order valence-corrected chi connectivity index (χ4v) is 4.80. The Hall–Kier alpha value is -4.07. The van der Waals surface area contributed by atoms with Crippen molar-refractivity contribution < 1.29 is 24.2 Å². The molecule has 1 heterocycles. The third-order valence-electron chi connectivity index (χ3n) is 6.62. The molecule has 1 aromatic heterocycles. The van der Waals surface area contributed by atoms with Crippen LogP contribution in [0.1, 0.15) is 80.8 Å². The highest BCUT2D eigenvalue weighted by Crippen LogP contribution is 2.25. The number of aliphatic carboxylic acids is 1. The van der Waals surface area contributed by atoms with Crippen LogP contribution in [0.5, 0.6) is 11.5 Å². The van der Waals surface area contributed by atoms with E-state index in [-0.39, 0.29) is 18.1 Å². The maximum absolute atomic E-state index is 13.8. The summed E-state index contributed by atoms with van der Waals surface area (Å²) in [6.45, 7) is 7.73. The molecule has 0 saturated heterocycles. The lowest BCUT2D eigenvalue weighted by Gasteiger charge is -2.25. The number of hydrogen-bond acceptors (Lipinski definition) is 5. The highest BCUT2D eigenvalue weighted by atomic mass is 16.5. The predicted octanol–water partition coefficient (Wildman–Crippen LogP) is 5.61. The molecule has 1 unspecified atom stereocenters. The Kier molecular flexibility index (Phi) is 10.9. The first kappa shape index (κ1) is 30.5. The summed E-state index contributed by atoms with van der Waals surface area (Å²) in [7, 11) is 1.59. The van der Waals surface area contributed by atoms with E-state index < -0.39 is 24.0 Å². The lowest BCUT2D eigenvalue weighted by atomic mass is 10.0. The summed E-state index contributed by atoms with van der Waals surface area (Å²) in [6, 6.07) is 14.9. The van der Waals surface area contributed by atoms with Crippen LogP contribution >= 0.6 is 0 Å². The molecule has 2 N–H and O–H groups in total. The summed E-state index contributed by atoms with van der Waals surface area (Å²) in [5.74, 6) is -0.158. The van der Waals surface area contributed by atoms with Gasteiger partial charge in [-0.2, -0.15) is 0 Å². The van der Waals surface area contributed by atoms with E-state index in [9.17, 15) is 19.5 Å². The molecule has 0 aliphatic heterocycles. The Morgan fingerprint density at radius 1 is 1.05 bits per heavy atom. The molecule has 0 saturated carbocycles. The lowest BCUT2D eigenvalue weighted by molar-refractivity contribution is -0.138. The van der Waals surface area contributed by atoms with E-state index in [2.05, 4.69) is 5.32 Å². The molecule has 0 fully saturated rings. The molecule has 214 valence electrons. The maximum atomic E-state index is 13.8. The molecule has 3 rings (SSSR count). The van der Waals surface area contributed by atoms with E-state index in [1.807, 2.05) is 58.0 Å². The minimum atomic E-state index is -1.04. The van der Waals surface area contributed by atoms with Gasteiger partial charge in [0, 0.05) is 18.2 Å². The zero-order valence-corrected chi connectivity index (χ0v) is 24.0. The Morgan fingerprint density at radius 2 is 1.80 bits per heavy atom. The summed E-state index contributed by atoms with van der Waals surface area (Å²) in [5.41, 5.74) is 2.64. The van der Waals surface area contributed by atoms with Crippen molar-refractivity contribution in [3.05, 3.63) is 93.4 Å². The molecule has 8 nitrogen and oxygen atoms in total. The molecule has 0 spiro atoms. The summed E-state index contributed by atoms with van der Waals surface area (Å²) < 4.78 is 12.8. The first-order chi connectivity index (χ1) is 19.1. The van der Waals surface area contributed by atoms with Crippen molar-refractivity contribution >= 4 is 11.9 Å². The summed E-state index contributed by atoms with van der Waals surface area (Å²) in [6.07, 6.45) is 3.70. The number of ether oxygens (including phenoxy) is 2. The van der Waals surface area contributed by atoms with Crippen molar-refractivity contribution in [3.63, 3.8) is 0 Å².